The van der Waals surface area contributed by atoms with Crippen molar-refractivity contribution in [1.29, 1.82) is 0 Å². The Bertz CT molecular complexity index is 139. The summed E-state index contributed by atoms with van der Waals surface area (Å²) in [5.74, 6) is 0.911. The lowest BCUT2D eigenvalue weighted by Gasteiger charge is -2.32. The molecule has 0 amide bonds. The number of hydrogen-bond donors (Lipinski definition) is 0. The Morgan fingerprint density at radius 1 is 1.50 bits per heavy atom. The van der Waals surface area contributed by atoms with Crippen LogP contribution in [0.15, 0.2) is 0 Å². The summed E-state index contributed by atoms with van der Waals surface area (Å²) in [4.78, 5) is 13.0. The second-order valence-electron chi connectivity index (χ2n) is 3.77. The third-order valence-electron chi connectivity index (χ3n) is 3.04. The summed E-state index contributed by atoms with van der Waals surface area (Å²) < 4.78 is 0. The molecule has 0 N–H and O–H groups in total. The number of rotatable bonds is 3. The van der Waals surface area contributed by atoms with Crippen molar-refractivity contribution in [3.8, 4) is 0 Å². The maximum Gasteiger partial charge on any atom is 0.123 e. The summed E-state index contributed by atoms with van der Waals surface area (Å²) in [6.45, 7) is 7.75. The van der Waals surface area contributed by atoms with Gasteiger partial charge in [0.05, 0.1) is 0 Å². The number of nitrogens with zero attached hydrogens (tertiary/aromatic N) is 1. The summed E-state index contributed by atoms with van der Waals surface area (Å²) in [6, 6.07) is 0. The van der Waals surface area contributed by atoms with Crippen molar-refractivity contribution in [2.75, 3.05) is 19.6 Å². The van der Waals surface area contributed by atoms with Crippen LogP contribution in [0.3, 0.4) is 0 Å². The highest BCUT2D eigenvalue weighted by Crippen LogP contribution is 2.23. The van der Waals surface area contributed by atoms with Crippen molar-refractivity contribution in [3.63, 3.8) is 0 Å². The van der Waals surface area contributed by atoms with Gasteiger partial charge in [0.1, 0.15) is 6.29 Å². The van der Waals surface area contributed by atoms with Gasteiger partial charge in [0.2, 0.25) is 0 Å². The normalized spacial score (nSPS) is 23.8. The fraction of sp³-hybridized carbons (Fsp3) is 0.900. The monoisotopic (exact) mass is 169 g/mol. The molecule has 2 nitrogen and oxygen atoms in total. The van der Waals surface area contributed by atoms with Crippen LogP contribution in [0.1, 0.15) is 26.7 Å². The number of carbonyl (C=O) groups excluding carboxylic acids is 1. The molecule has 0 aromatic heterocycles. The zero-order valence-electron chi connectivity index (χ0n) is 8.12. The minimum absolute atomic E-state index is 0.268. The predicted octanol–water partition coefficient (Wildman–Crippen LogP) is 1.55. The molecule has 1 aliphatic heterocycles. The molecule has 0 aromatic carbocycles. The van der Waals surface area contributed by atoms with Crippen molar-refractivity contribution in [2.24, 2.45) is 11.8 Å². The first-order valence-electron chi connectivity index (χ1n) is 4.95. The van der Waals surface area contributed by atoms with E-state index in [-0.39, 0.29) is 5.92 Å². The zero-order valence-corrected chi connectivity index (χ0v) is 8.12. The van der Waals surface area contributed by atoms with Crippen molar-refractivity contribution < 1.29 is 4.79 Å². The summed E-state index contributed by atoms with van der Waals surface area (Å²) in [5, 5.41) is 0. The highest BCUT2D eigenvalue weighted by molar-refractivity contribution is 5.53. The largest absolute Gasteiger partial charge is 0.304 e. The lowest BCUT2D eigenvalue weighted by Crippen LogP contribution is -2.35. The fourth-order valence-corrected chi connectivity index (χ4v) is 1.91. The zero-order chi connectivity index (χ0) is 8.97. The third kappa shape index (κ3) is 2.31. The highest BCUT2D eigenvalue weighted by Gasteiger charge is 2.22. The van der Waals surface area contributed by atoms with Crippen molar-refractivity contribution in [1.82, 2.24) is 4.90 Å². The van der Waals surface area contributed by atoms with Crippen LogP contribution >= 0.6 is 0 Å². The van der Waals surface area contributed by atoms with Gasteiger partial charge in [-0.2, -0.15) is 0 Å². The molecule has 1 saturated heterocycles. The Hall–Kier alpha value is -0.370. The van der Waals surface area contributed by atoms with E-state index in [1.165, 1.54) is 25.9 Å². The van der Waals surface area contributed by atoms with Crippen LogP contribution in [0.2, 0.25) is 0 Å². The Kier molecular flexibility index (Phi) is 3.73. The second-order valence-corrected chi connectivity index (χ2v) is 3.77. The first kappa shape index (κ1) is 9.72. The average molecular weight is 169 g/mol. The standard InChI is InChI=1S/C10H19NO/c1-3-11-6-4-10(5-7-11)9(2)8-12/h8-10H,3-7H2,1-2H3. The van der Waals surface area contributed by atoms with E-state index in [0.717, 1.165) is 12.8 Å². The van der Waals surface area contributed by atoms with Gasteiger partial charge in [-0.15, -0.1) is 0 Å². The molecule has 0 aliphatic carbocycles. The number of aldehydes is 1. The van der Waals surface area contributed by atoms with Gasteiger partial charge in [0.25, 0.3) is 0 Å². The maximum atomic E-state index is 10.5. The van der Waals surface area contributed by atoms with Gasteiger partial charge in [-0.3, -0.25) is 0 Å². The molecule has 0 spiro atoms. The summed E-state index contributed by atoms with van der Waals surface area (Å²) in [5.41, 5.74) is 0. The van der Waals surface area contributed by atoms with E-state index in [9.17, 15) is 4.79 Å². The Morgan fingerprint density at radius 3 is 2.50 bits per heavy atom. The van der Waals surface area contributed by atoms with Crippen molar-refractivity contribution in [3.05, 3.63) is 0 Å². The van der Waals surface area contributed by atoms with Gasteiger partial charge in [-0.1, -0.05) is 13.8 Å². The van der Waals surface area contributed by atoms with Crippen LogP contribution in [0, 0.1) is 11.8 Å². The third-order valence-corrected chi connectivity index (χ3v) is 3.04. The predicted molar refractivity (Wildman–Crippen MR) is 50.1 cm³/mol. The second kappa shape index (κ2) is 4.61. The number of likely N-dealkylation sites (tertiary alicyclic amines) is 1. The van der Waals surface area contributed by atoms with Crippen LogP contribution in [0.4, 0.5) is 0 Å². The molecule has 1 aliphatic rings. The van der Waals surface area contributed by atoms with E-state index in [1.54, 1.807) is 0 Å². The molecular formula is C10H19NO. The summed E-state index contributed by atoms with van der Waals surface area (Å²) in [6.07, 6.45) is 3.51. The van der Waals surface area contributed by atoms with Gasteiger partial charge in [-0.25, -0.2) is 0 Å². The maximum absolute atomic E-state index is 10.5. The van der Waals surface area contributed by atoms with Crippen LogP contribution < -0.4 is 0 Å². The van der Waals surface area contributed by atoms with Crippen LogP contribution in [-0.4, -0.2) is 30.8 Å². The molecular weight excluding hydrogens is 150 g/mol. The van der Waals surface area contributed by atoms with Gasteiger partial charge in [-0.05, 0) is 38.4 Å². The van der Waals surface area contributed by atoms with Gasteiger partial charge in [0.15, 0.2) is 0 Å². The summed E-state index contributed by atoms with van der Waals surface area (Å²) in [7, 11) is 0. The molecule has 0 bridgehead atoms. The van der Waals surface area contributed by atoms with E-state index < -0.39 is 0 Å². The van der Waals surface area contributed by atoms with E-state index in [0.29, 0.717) is 5.92 Å². The minimum Gasteiger partial charge on any atom is -0.304 e. The first-order valence-corrected chi connectivity index (χ1v) is 4.95. The summed E-state index contributed by atoms with van der Waals surface area (Å²) >= 11 is 0. The Balaban J connectivity index is 2.30. The molecule has 0 saturated carbocycles. The topological polar surface area (TPSA) is 20.3 Å². The van der Waals surface area contributed by atoms with Gasteiger partial charge in [0, 0.05) is 5.92 Å². The molecule has 0 aromatic rings. The quantitative estimate of drug-likeness (QED) is 0.597. The van der Waals surface area contributed by atoms with E-state index >= 15 is 0 Å². The van der Waals surface area contributed by atoms with Crippen molar-refractivity contribution >= 4 is 6.29 Å². The number of piperidine rings is 1. The molecule has 1 fully saturated rings. The number of carbonyl (C=O) groups is 1. The van der Waals surface area contributed by atoms with Crippen LogP contribution in [-0.2, 0) is 4.79 Å². The molecule has 1 rings (SSSR count). The molecule has 1 unspecified atom stereocenters. The Labute approximate surface area is 74.9 Å². The van der Waals surface area contributed by atoms with Crippen LogP contribution in [0.25, 0.3) is 0 Å². The lowest BCUT2D eigenvalue weighted by atomic mass is 9.86. The average Bonchev–Trinajstić information content (AvgIpc) is 2.17. The number of hydrogen-bond acceptors (Lipinski definition) is 2. The molecule has 1 heterocycles. The first-order chi connectivity index (χ1) is 5.77. The van der Waals surface area contributed by atoms with Gasteiger partial charge < -0.3 is 9.69 Å². The smallest absolute Gasteiger partial charge is 0.123 e. The SMILES string of the molecule is CCN1CCC(C(C)C=O)CC1. The van der Waals surface area contributed by atoms with E-state index in [2.05, 4.69) is 11.8 Å². The van der Waals surface area contributed by atoms with Gasteiger partial charge >= 0.3 is 0 Å². The van der Waals surface area contributed by atoms with E-state index in [1.807, 2.05) is 6.92 Å². The van der Waals surface area contributed by atoms with Crippen LogP contribution in [0.5, 0.6) is 0 Å². The lowest BCUT2D eigenvalue weighted by molar-refractivity contribution is -0.112. The molecule has 1 atom stereocenters. The fourth-order valence-electron chi connectivity index (χ4n) is 1.91. The molecule has 12 heavy (non-hydrogen) atoms. The minimum atomic E-state index is 0.268. The van der Waals surface area contributed by atoms with Crippen molar-refractivity contribution in [2.45, 2.75) is 26.7 Å². The molecule has 0 radical (unpaired) electrons. The molecule has 70 valence electrons. The molecule has 2 heteroatoms. The highest BCUT2D eigenvalue weighted by atomic mass is 16.1. The van der Waals surface area contributed by atoms with E-state index in [4.69, 9.17) is 0 Å². The Morgan fingerprint density at radius 2 is 2.08 bits per heavy atom.